The molecule has 2 heterocycles. The second kappa shape index (κ2) is 3.97. The molecule has 76 valence electrons. The summed E-state index contributed by atoms with van der Waals surface area (Å²) in [4.78, 5) is 2.73. The second-order valence-electron chi connectivity index (χ2n) is 4.65. The van der Waals surface area contributed by atoms with Gasteiger partial charge >= 0.3 is 0 Å². The van der Waals surface area contributed by atoms with E-state index in [0.29, 0.717) is 0 Å². The smallest absolute Gasteiger partial charge is 0.0264 e. The summed E-state index contributed by atoms with van der Waals surface area (Å²) in [5.74, 6) is 0.958. The van der Waals surface area contributed by atoms with Gasteiger partial charge in [0.15, 0.2) is 0 Å². The van der Waals surface area contributed by atoms with Gasteiger partial charge in [0.2, 0.25) is 0 Å². The van der Waals surface area contributed by atoms with Crippen LogP contribution in [0, 0.1) is 5.92 Å². The van der Waals surface area contributed by atoms with Gasteiger partial charge in [-0.2, -0.15) is 0 Å². The summed E-state index contributed by atoms with van der Waals surface area (Å²) in [6.07, 6.45) is 4.11. The summed E-state index contributed by atoms with van der Waals surface area (Å²) < 4.78 is 0. The zero-order valence-corrected chi connectivity index (χ0v) is 8.92. The van der Waals surface area contributed by atoms with Crippen LogP contribution in [0.3, 0.4) is 0 Å². The number of nitrogens with zero attached hydrogens (tertiary/aromatic N) is 1. The molecular weight excluding hydrogens is 160 g/mol. The lowest BCUT2D eigenvalue weighted by molar-refractivity contribution is 0.181. The molecule has 0 aromatic rings. The molecular formula is C11H22N2. The van der Waals surface area contributed by atoms with E-state index >= 15 is 0 Å². The number of fused-ring (bicyclic) bond motifs is 1. The fraction of sp³-hybridized carbons (Fsp3) is 1.00. The summed E-state index contributed by atoms with van der Waals surface area (Å²) in [6, 6.07) is 1.67. The van der Waals surface area contributed by atoms with Crippen molar-refractivity contribution < 1.29 is 0 Å². The number of hydrogen-bond acceptors (Lipinski definition) is 2. The Morgan fingerprint density at radius 1 is 1.46 bits per heavy atom. The first-order valence-corrected chi connectivity index (χ1v) is 5.79. The van der Waals surface area contributed by atoms with E-state index in [-0.39, 0.29) is 0 Å². The lowest BCUT2D eigenvalue weighted by Gasteiger charge is -2.29. The minimum absolute atomic E-state index is 0.805. The Kier molecular flexibility index (Phi) is 2.89. The molecule has 2 fully saturated rings. The Hall–Kier alpha value is -0.0800. The molecule has 0 aliphatic carbocycles. The minimum atomic E-state index is 0.805. The minimum Gasteiger partial charge on any atom is -0.315 e. The molecule has 2 aliphatic rings. The van der Waals surface area contributed by atoms with Crippen molar-refractivity contribution in [1.82, 2.24) is 10.2 Å². The van der Waals surface area contributed by atoms with Gasteiger partial charge in [-0.3, -0.25) is 4.90 Å². The maximum Gasteiger partial charge on any atom is 0.0264 e. The van der Waals surface area contributed by atoms with Gasteiger partial charge in [0.25, 0.3) is 0 Å². The van der Waals surface area contributed by atoms with Crippen molar-refractivity contribution in [3.8, 4) is 0 Å². The van der Waals surface area contributed by atoms with Crippen LogP contribution < -0.4 is 5.32 Å². The highest BCUT2D eigenvalue weighted by atomic mass is 15.2. The topological polar surface area (TPSA) is 15.3 Å². The Balaban J connectivity index is 1.92. The van der Waals surface area contributed by atoms with Gasteiger partial charge in [0, 0.05) is 18.6 Å². The number of likely N-dealkylation sites (tertiary alicyclic amines) is 1. The average Bonchev–Trinajstić information content (AvgIpc) is 2.62. The Bertz CT molecular complexity index is 169. The van der Waals surface area contributed by atoms with Gasteiger partial charge < -0.3 is 5.32 Å². The van der Waals surface area contributed by atoms with E-state index in [1.807, 2.05) is 0 Å². The zero-order chi connectivity index (χ0) is 9.26. The molecule has 2 rings (SSSR count). The van der Waals surface area contributed by atoms with Crippen molar-refractivity contribution in [2.45, 2.75) is 45.2 Å². The van der Waals surface area contributed by atoms with E-state index in [9.17, 15) is 0 Å². The third kappa shape index (κ3) is 1.75. The molecule has 3 atom stereocenters. The molecule has 1 unspecified atom stereocenters. The van der Waals surface area contributed by atoms with E-state index in [2.05, 4.69) is 24.1 Å². The highest BCUT2D eigenvalue weighted by molar-refractivity contribution is 4.95. The van der Waals surface area contributed by atoms with Gasteiger partial charge in [-0.25, -0.2) is 0 Å². The van der Waals surface area contributed by atoms with E-state index in [4.69, 9.17) is 0 Å². The Morgan fingerprint density at radius 3 is 3.08 bits per heavy atom. The third-order valence-corrected chi connectivity index (χ3v) is 3.76. The van der Waals surface area contributed by atoms with Crippen LogP contribution in [0.5, 0.6) is 0 Å². The van der Waals surface area contributed by atoms with E-state index < -0.39 is 0 Å². The first kappa shape index (κ1) is 9.47. The normalized spacial score (nSPS) is 36.5. The van der Waals surface area contributed by atoms with Gasteiger partial charge in [0.05, 0.1) is 0 Å². The van der Waals surface area contributed by atoms with Crippen LogP contribution in [0.25, 0.3) is 0 Å². The fourth-order valence-corrected chi connectivity index (χ4v) is 3.01. The molecule has 2 nitrogen and oxygen atoms in total. The van der Waals surface area contributed by atoms with E-state index in [0.717, 1.165) is 18.0 Å². The van der Waals surface area contributed by atoms with E-state index in [1.54, 1.807) is 0 Å². The molecule has 0 bridgehead atoms. The lowest BCUT2D eigenvalue weighted by Crippen LogP contribution is -2.40. The van der Waals surface area contributed by atoms with Crippen LogP contribution in [0.4, 0.5) is 0 Å². The summed E-state index contributed by atoms with van der Waals surface area (Å²) >= 11 is 0. The van der Waals surface area contributed by atoms with Crippen molar-refractivity contribution in [2.75, 3.05) is 19.6 Å². The summed E-state index contributed by atoms with van der Waals surface area (Å²) in [6.45, 7) is 8.53. The summed E-state index contributed by atoms with van der Waals surface area (Å²) in [5.41, 5.74) is 0. The van der Waals surface area contributed by atoms with E-state index in [1.165, 1.54) is 38.9 Å². The molecule has 0 spiro atoms. The van der Waals surface area contributed by atoms with Crippen molar-refractivity contribution in [3.63, 3.8) is 0 Å². The molecule has 2 heteroatoms. The van der Waals surface area contributed by atoms with Gasteiger partial charge in [-0.15, -0.1) is 0 Å². The van der Waals surface area contributed by atoms with Crippen molar-refractivity contribution >= 4 is 0 Å². The molecule has 0 aromatic carbocycles. The molecule has 2 aliphatic heterocycles. The maximum absolute atomic E-state index is 3.51. The van der Waals surface area contributed by atoms with Crippen molar-refractivity contribution in [2.24, 2.45) is 5.92 Å². The predicted molar refractivity (Wildman–Crippen MR) is 55.8 cm³/mol. The van der Waals surface area contributed by atoms with Gasteiger partial charge in [-0.05, 0) is 38.8 Å². The fourth-order valence-electron chi connectivity index (χ4n) is 3.01. The first-order chi connectivity index (χ1) is 6.33. The summed E-state index contributed by atoms with van der Waals surface area (Å²) in [5, 5.41) is 3.51. The predicted octanol–water partition coefficient (Wildman–Crippen LogP) is 1.47. The average molecular weight is 182 g/mol. The zero-order valence-electron chi connectivity index (χ0n) is 8.92. The Labute approximate surface area is 81.7 Å². The molecule has 0 aromatic heterocycles. The van der Waals surface area contributed by atoms with Crippen molar-refractivity contribution in [3.05, 3.63) is 0 Å². The van der Waals surface area contributed by atoms with Crippen LogP contribution in [0.1, 0.15) is 33.1 Å². The molecule has 0 saturated carbocycles. The van der Waals surface area contributed by atoms with Crippen LogP contribution >= 0.6 is 0 Å². The number of hydrogen-bond donors (Lipinski definition) is 1. The van der Waals surface area contributed by atoms with Crippen molar-refractivity contribution in [1.29, 1.82) is 0 Å². The SMILES string of the molecule is CCCC(C)N1CC[C@H]2CNC[C@H]21. The first-order valence-electron chi connectivity index (χ1n) is 5.79. The number of nitrogens with one attached hydrogen (secondary N) is 1. The van der Waals surface area contributed by atoms with Crippen LogP contribution in [-0.2, 0) is 0 Å². The third-order valence-electron chi connectivity index (χ3n) is 3.76. The van der Waals surface area contributed by atoms with Gasteiger partial charge in [-0.1, -0.05) is 13.3 Å². The molecule has 2 saturated heterocycles. The summed E-state index contributed by atoms with van der Waals surface area (Å²) in [7, 11) is 0. The molecule has 13 heavy (non-hydrogen) atoms. The highest BCUT2D eigenvalue weighted by Gasteiger charge is 2.38. The molecule has 1 N–H and O–H groups in total. The Morgan fingerprint density at radius 2 is 2.31 bits per heavy atom. The van der Waals surface area contributed by atoms with Crippen LogP contribution in [-0.4, -0.2) is 36.6 Å². The molecule has 0 amide bonds. The van der Waals surface area contributed by atoms with Crippen LogP contribution in [0.15, 0.2) is 0 Å². The standard InChI is InChI=1S/C11H22N2/c1-3-4-9(2)13-6-5-10-7-12-8-11(10)13/h9-12H,3-8H2,1-2H3/t9?,10-,11+/m0/s1. The molecule has 0 radical (unpaired) electrons. The number of rotatable bonds is 3. The van der Waals surface area contributed by atoms with Crippen LogP contribution in [0.2, 0.25) is 0 Å². The highest BCUT2D eigenvalue weighted by Crippen LogP contribution is 2.29. The maximum atomic E-state index is 3.51. The van der Waals surface area contributed by atoms with Gasteiger partial charge in [0.1, 0.15) is 0 Å². The largest absolute Gasteiger partial charge is 0.315 e. The lowest BCUT2D eigenvalue weighted by atomic mass is 10.0. The quantitative estimate of drug-likeness (QED) is 0.711. The monoisotopic (exact) mass is 182 g/mol. The second-order valence-corrected chi connectivity index (χ2v) is 4.65.